The predicted octanol–water partition coefficient (Wildman–Crippen LogP) is 4.57. The summed E-state index contributed by atoms with van der Waals surface area (Å²) in [5.74, 6) is 2.32. The van der Waals surface area contributed by atoms with Gasteiger partial charge in [0.05, 0.1) is 18.4 Å². The number of carbonyl (C=O) groups excluding carboxylic acids is 1. The number of anilines is 1. The number of fused-ring (bicyclic) bond motifs is 1. The van der Waals surface area contributed by atoms with E-state index in [0.717, 1.165) is 22.4 Å². The molecule has 0 spiro atoms. The van der Waals surface area contributed by atoms with Crippen molar-refractivity contribution in [3.8, 4) is 17.2 Å². The highest BCUT2D eigenvalue weighted by Gasteiger charge is 2.33. The second-order valence-electron chi connectivity index (χ2n) is 7.25. The summed E-state index contributed by atoms with van der Waals surface area (Å²) >= 11 is 0. The van der Waals surface area contributed by atoms with E-state index in [9.17, 15) is 4.79 Å². The molecule has 0 atom stereocenters. The number of aliphatic imine (C=N–C) groups is 1. The topological polar surface area (TPSA) is 60.4 Å². The minimum Gasteiger partial charge on any atom is -0.496 e. The summed E-state index contributed by atoms with van der Waals surface area (Å²) in [6, 6.07) is 20.9. The van der Waals surface area contributed by atoms with Gasteiger partial charge in [0.25, 0.3) is 5.91 Å². The number of methoxy groups -OCH3 is 1. The first-order chi connectivity index (χ1) is 15.1. The van der Waals surface area contributed by atoms with Crippen LogP contribution in [0.4, 0.5) is 5.69 Å². The molecule has 6 nitrogen and oxygen atoms in total. The van der Waals surface area contributed by atoms with Crippen molar-refractivity contribution in [2.45, 2.75) is 6.92 Å². The van der Waals surface area contributed by atoms with Crippen LogP contribution in [0.25, 0.3) is 6.08 Å². The number of carbonyl (C=O) groups is 1. The highest BCUT2D eigenvalue weighted by atomic mass is 16.7. The van der Waals surface area contributed by atoms with E-state index in [2.05, 4.69) is 0 Å². The summed E-state index contributed by atoms with van der Waals surface area (Å²) in [6.45, 7) is 2.21. The number of hydrogen-bond acceptors (Lipinski definition) is 5. The van der Waals surface area contributed by atoms with Gasteiger partial charge in [0.2, 0.25) is 6.79 Å². The highest BCUT2D eigenvalue weighted by Crippen LogP contribution is 2.35. The highest BCUT2D eigenvalue weighted by molar-refractivity contribution is 6.33. The molecule has 5 rings (SSSR count). The van der Waals surface area contributed by atoms with Crippen LogP contribution in [-0.2, 0) is 4.79 Å². The third-order valence-electron chi connectivity index (χ3n) is 5.20. The van der Waals surface area contributed by atoms with Gasteiger partial charge in [-0.05, 0) is 55.0 Å². The fraction of sp³-hybridized carbons (Fsp3) is 0.120. The lowest BCUT2D eigenvalue weighted by Gasteiger charge is -2.20. The van der Waals surface area contributed by atoms with E-state index in [1.807, 2.05) is 73.7 Å². The van der Waals surface area contributed by atoms with E-state index < -0.39 is 0 Å². The van der Waals surface area contributed by atoms with Crippen LogP contribution in [0.5, 0.6) is 17.2 Å². The average Bonchev–Trinajstić information content (AvgIpc) is 3.39. The van der Waals surface area contributed by atoms with Crippen molar-refractivity contribution in [1.29, 1.82) is 0 Å². The van der Waals surface area contributed by atoms with Gasteiger partial charge < -0.3 is 14.2 Å². The minimum atomic E-state index is -0.206. The monoisotopic (exact) mass is 412 g/mol. The Hall–Kier alpha value is -4.06. The van der Waals surface area contributed by atoms with E-state index in [1.54, 1.807) is 18.1 Å². The minimum absolute atomic E-state index is 0.200. The number of nitrogens with zero attached hydrogens (tertiary/aromatic N) is 2. The Labute approximate surface area is 180 Å². The number of amidine groups is 1. The van der Waals surface area contributed by atoms with E-state index in [4.69, 9.17) is 19.2 Å². The normalized spacial score (nSPS) is 16.1. The number of aryl methyl sites for hydroxylation is 1. The van der Waals surface area contributed by atoms with Crippen molar-refractivity contribution in [1.82, 2.24) is 0 Å². The number of hydrogen-bond donors (Lipinski definition) is 0. The maximum absolute atomic E-state index is 13.5. The van der Waals surface area contributed by atoms with Gasteiger partial charge in [0.1, 0.15) is 11.4 Å². The smallest absolute Gasteiger partial charge is 0.282 e. The predicted molar refractivity (Wildman–Crippen MR) is 119 cm³/mol. The Morgan fingerprint density at radius 2 is 1.77 bits per heavy atom. The standard InChI is InChI=1S/C25H20N2O4/c1-16-7-10-18(11-8-16)27-24(19-5-3-4-6-21(19)29-2)26-20(25(27)28)13-17-9-12-22-23(14-17)31-15-30-22/h3-14H,15H2,1-2H3/b20-13+. The molecule has 1 amide bonds. The first-order valence-corrected chi connectivity index (χ1v) is 9.88. The molecule has 0 bridgehead atoms. The van der Waals surface area contributed by atoms with E-state index >= 15 is 0 Å². The quantitative estimate of drug-likeness (QED) is 0.589. The van der Waals surface area contributed by atoms with Gasteiger partial charge in [-0.1, -0.05) is 35.9 Å². The Bertz CT molecular complexity index is 1230. The van der Waals surface area contributed by atoms with Gasteiger partial charge in [-0.2, -0.15) is 0 Å². The zero-order valence-electron chi connectivity index (χ0n) is 17.2. The molecule has 3 aromatic rings. The van der Waals surface area contributed by atoms with E-state index in [-0.39, 0.29) is 12.7 Å². The molecule has 0 aromatic heterocycles. The number of rotatable bonds is 4. The molecule has 3 aromatic carbocycles. The molecular weight excluding hydrogens is 392 g/mol. The molecule has 0 fully saturated rings. The first kappa shape index (κ1) is 18.9. The van der Waals surface area contributed by atoms with Gasteiger partial charge in [0, 0.05) is 0 Å². The zero-order chi connectivity index (χ0) is 21.4. The Kier molecular flexibility index (Phi) is 4.67. The van der Waals surface area contributed by atoms with Gasteiger partial charge >= 0.3 is 0 Å². The summed E-state index contributed by atoms with van der Waals surface area (Å²) in [4.78, 5) is 19.8. The Morgan fingerprint density at radius 3 is 2.58 bits per heavy atom. The number of ether oxygens (including phenoxy) is 3. The van der Waals surface area contributed by atoms with Crippen LogP contribution in [-0.4, -0.2) is 25.6 Å². The average molecular weight is 412 g/mol. The summed E-state index contributed by atoms with van der Waals surface area (Å²) in [5.41, 5.74) is 3.74. The lowest BCUT2D eigenvalue weighted by atomic mass is 10.1. The molecule has 154 valence electrons. The van der Waals surface area contributed by atoms with Crippen molar-refractivity contribution >= 4 is 23.5 Å². The van der Waals surface area contributed by atoms with Crippen LogP contribution >= 0.6 is 0 Å². The molecule has 0 aliphatic carbocycles. The van der Waals surface area contributed by atoms with Crippen molar-refractivity contribution < 1.29 is 19.0 Å². The van der Waals surface area contributed by atoms with Gasteiger partial charge in [0.15, 0.2) is 17.3 Å². The zero-order valence-corrected chi connectivity index (χ0v) is 17.2. The van der Waals surface area contributed by atoms with Crippen molar-refractivity contribution in [3.05, 3.63) is 89.1 Å². The van der Waals surface area contributed by atoms with Crippen molar-refractivity contribution in [3.63, 3.8) is 0 Å². The maximum atomic E-state index is 13.5. The molecule has 0 N–H and O–H groups in total. The molecule has 0 unspecified atom stereocenters. The SMILES string of the molecule is COc1ccccc1C1=N/C(=C/c2ccc3c(c2)OCO3)C(=O)N1c1ccc(C)cc1. The summed E-state index contributed by atoms with van der Waals surface area (Å²) < 4.78 is 16.4. The van der Waals surface area contributed by atoms with Crippen LogP contribution < -0.4 is 19.1 Å². The van der Waals surface area contributed by atoms with Gasteiger partial charge in [-0.3, -0.25) is 9.69 Å². The van der Waals surface area contributed by atoms with Crippen molar-refractivity contribution in [2.24, 2.45) is 4.99 Å². The fourth-order valence-electron chi connectivity index (χ4n) is 3.62. The first-order valence-electron chi connectivity index (χ1n) is 9.88. The third-order valence-corrected chi connectivity index (χ3v) is 5.20. The summed E-state index contributed by atoms with van der Waals surface area (Å²) in [5, 5.41) is 0. The third kappa shape index (κ3) is 3.42. The lowest BCUT2D eigenvalue weighted by molar-refractivity contribution is -0.113. The summed E-state index contributed by atoms with van der Waals surface area (Å²) in [7, 11) is 1.61. The largest absolute Gasteiger partial charge is 0.496 e. The molecule has 31 heavy (non-hydrogen) atoms. The van der Waals surface area contributed by atoms with Gasteiger partial charge in [-0.15, -0.1) is 0 Å². The fourth-order valence-corrected chi connectivity index (χ4v) is 3.62. The van der Waals surface area contributed by atoms with Crippen LogP contribution in [0.1, 0.15) is 16.7 Å². The molecule has 0 saturated heterocycles. The second-order valence-corrected chi connectivity index (χ2v) is 7.25. The van der Waals surface area contributed by atoms with Gasteiger partial charge in [-0.25, -0.2) is 4.99 Å². The number of amides is 1. The van der Waals surface area contributed by atoms with Crippen LogP contribution in [0.3, 0.4) is 0 Å². The molecule has 2 aliphatic rings. The summed E-state index contributed by atoms with van der Waals surface area (Å²) in [6.07, 6.45) is 1.76. The van der Waals surface area contributed by atoms with Crippen LogP contribution in [0.15, 0.2) is 77.4 Å². The molecule has 0 saturated carbocycles. The van der Waals surface area contributed by atoms with E-state index in [1.165, 1.54) is 0 Å². The second kappa shape index (κ2) is 7.65. The number of benzene rings is 3. The lowest BCUT2D eigenvalue weighted by Crippen LogP contribution is -2.32. The molecule has 6 heteroatoms. The van der Waals surface area contributed by atoms with Crippen LogP contribution in [0, 0.1) is 6.92 Å². The molecule has 0 radical (unpaired) electrons. The maximum Gasteiger partial charge on any atom is 0.282 e. The Morgan fingerprint density at radius 1 is 1.00 bits per heavy atom. The molecule has 2 aliphatic heterocycles. The van der Waals surface area contributed by atoms with Crippen molar-refractivity contribution in [2.75, 3.05) is 18.8 Å². The Balaban J connectivity index is 1.62. The molecule has 2 heterocycles. The number of para-hydroxylation sites is 1. The molecular formula is C25H20N2O4. The van der Waals surface area contributed by atoms with E-state index in [0.29, 0.717) is 28.8 Å². The van der Waals surface area contributed by atoms with Crippen LogP contribution in [0.2, 0.25) is 0 Å².